The van der Waals surface area contributed by atoms with Crippen LogP contribution in [0.4, 0.5) is 0 Å². The Morgan fingerprint density at radius 1 is 0.762 bits per heavy atom. The number of methoxy groups -OCH3 is 3. The van der Waals surface area contributed by atoms with Crippen molar-refractivity contribution in [3.8, 4) is 0 Å². The minimum Gasteiger partial charge on any atom is -0.465 e. The molecule has 0 radical (unpaired) electrons. The molecular formula is C15H16O6. The van der Waals surface area contributed by atoms with Crippen molar-refractivity contribution in [1.82, 2.24) is 0 Å². The van der Waals surface area contributed by atoms with E-state index >= 15 is 0 Å². The van der Waals surface area contributed by atoms with Gasteiger partial charge in [0, 0.05) is 0 Å². The van der Waals surface area contributed by atoms with Crippen molar-refractivity contribution in [1.29, 1.82) is 0 Å². The molecular weight excluding hydrogens is 276 g/mol. The first kappa shape index (κ1) is 16.4. The second-order valence-corrected chi connectivity index (χ2v) is 4.09. The van der Waals surface area contributed by atoms with Crippen molar-refractivity contribution in [3.63, 3.8) is 0 Å². The zero-order valence-corrected chi connectivity index (χ0v) is 12.3. The van der Waals surface area contributed by atoms with Crippen LogP contribution in [0.1, 0.15) is 11.1 Å². The molecule has 0 heterocycles. The fraction of sp³-hybridized carbons (Fsp3) is 0.267. The Kier molecular flexibility index (Phi) is 5.66. The SMILES string of the molecule is COC(=O)C(C(=O)OC)=C(C(=O)OC)c1ccc(C)cc1. The van der Waals surface area contributed by atoms with Crippen LogP contribution < -0.4 is 0 Å². The van der Waals surface area contributed by atoms with Crippen molar-refractivity contribution in [3.05, 3.63) is 41.0 Å². The summed E-state index contributed by atoms with van der Waals surface area (Å²) in [6.45, 7) is 1.87. The van der Waals surface area contributed by atoms with Gasteiger partial charge in [-0.25, -0.2) is 14.4 Å². The van der Waals surface area contributed by atoms with Crippen LogP contribution >= 0.6 is 0 Å². The third-order valence-corrected chi connectivity index (χ3v) is 2.76. The summed E-state index contributed by atoms with van der Waals surface area (Å²) in [5, 5.41) is 0. The van der Waals surface area contributed by atoms with Crippen LogP contribution in [0.3, 0.4) is 0 Å². The predicted octanol–water partition coefficient (Wildman–Crippen LogP) is 1.27. The monoisotopic (exact) mass is 292 g/mol. The summed E-state index contributed by atoms with van der Waals surface area (Å²) in [6, 6.07) is 6.69. The lowest BCUT2D eigenvalue weighted by atomic mass is 9.98. The summed E-state index contributed by atoms with van der Waals surface area (Å²) in [6.07, 6.45) is 0. The normalized spacial score (nSPS) is 9.52. The van der Waals surface area contributed by atoms with Crippen LogP contribution in [-0.4, -0.2) is 39.2 Å². The maximum Gasteiger partial charge on any atom is 0.346 e. The Morgan fingerprint density at radius 3 is 1.57 bits per heavy atom. The minimum absolute atomic E-state index is 0.198. The third-order valence-electron chi connectivity index (χ3n) is 2.76. The second-order valence-electron chi connectivity index (χ2n) is 4.09. The lowest BCUT2D eigenvalue weighted by molar-refractivity contribution is -0.145. The van der Waals surface area contributed by atoms with E-state index in [4.69, 9.17) is 0 Å². The molecule has 0 bridgehead atoms. The number of hydrogen-bond donors (Lipinski definition) is 0. The Bertz CT molecular complexity index is 565. The molecule has 1 aromatic rings. The maximum atomic E-state index is 12.0. The fourth-order valence-corrected chi connectivity index (χ4v) is 1.68. The average Bonchev–Trinajstić information content (AvgIpc) is 2.51. The number of esters is 3. The summed E-state index contributed by atoms with van der Waals surface area (Å²) >= 11 is 0. The van der Waals surface area contributed by atoms with E-state index in [2.05, 4.69) is 14.2 Å². The number of ether oxygens (including phenoxy) is 3. The van der Waals surface area contributed by atoms with Crippen LogP contribution in [0.15, 0.2) is 29.8 Å². The van der Waals surface area contributed by atoms with Crippen molar-refractivity contribution in [2.24, 2.45) is 0 Å². The van der Waals surface area contributed by atoms with Gasteiger partial charge in [0.15, 0.2) is 5.57 Å². The van der Waals surface area contributed by atoms with Gasteiger partial charge in [0.05, 0.1) is 26.9 Å². The molecule has 0 spiro atoms. The van der Waals surface area contributed by atoms with Gasteiger partial charge in [-0.3, -0.25) is 0 Å². The molecule has 0 aliphatic rings. The first-order valence-electron chi connectivity index (χ1n) is 6.02. The Balaban J connectivity index is 3.61. The molecule has 0 aromatic heterocycles. The molecule has 1 rings (SSSR count). The molecule has 0 saturated heterocycles. The van der Waals surface area contributed by atoms with Gasteiger partial charge in [0.2, 0.25) is 0 Å². The highest BCUT2D eigenvalue weighted by atomic mass is 16.5. The largest absolute Gasteiger partial charge is 0.465 e. The molecule has 0 fully saturated rings. The molecule has 6 nitrogen and oxygen atoms in total. The van der Waals surface area contributed by atoms with Crippen LogP contribution in [0.25, 0.3) is 5.57 Å². The van der Waals surface area contributed by atoms with Crippen molar-refractivity contribution in [2.45, 2.75) is 6.92 Å². The van der Waals surface area contributed by atoms with Crippen LogP contribution in [0, 0.1) is 6.92 Å². The molecule has 112 valence electrons. The van der Waals surface area contributed by atoms with Gasteiger partial charge in [0.1, 0.15) is 0 Å². The highest BCUT2D eigenvalue weighted by molar-refractivity contribution is 6.32. The van der Waals surface area contributed by atoms with Gasteiger partial charge in [-0.15, -0.1) is 0 Å². The zero-order chi connectivity index (χ0) is 16.0. The first-order valence-corrected chi connectivity index (χ1v) is 6.02. The van der Waals surface area contributed by atoms with E-state index in [0.717, 1.165) is 26.9 Å². The van der Waals surface area contributed by atoms with E-state index in [1.165, 1.54) is 0 Å². The first-order chi connectivity index (χ1) is 9.96. The molecule has 0 N–H and O–H groups in total. The van der Waals surface area contributed by atoms with Gasteiger partial charge in [0.25, 0.3) is 0 Å². The van der Waals surface area contributed by atoms with Gasteiger partial charge in [-0.2, -0.15) is 0 Å². The highest BCUT2D eigenvalue weighted by Crippen LogP contribution is 2.23. The summed E-state index contributed by atoms with van der Waals surface area (Å²) < 4.78 is 13.8. The number of rotatable bonds is 4. The van der Waals surface area contributed by atoms with Crippen molar-refractivity contribution in [2.75, 3.05) is 21.3 Å². The molecule has 0 amide bonds. The van der Waals surface area contributed by atoms with Gasteiger partial charge >= 0.3 is 17.9 Å². The second kappa shape index (κ2) is 7.23. The Morgan fingerprint density at radius 2 is 1.19 bits per heavy atom. The molecule has 0 aliphatic heterocycles. The summed E-state index contributed by atoms with van der Waals surface area (Å²) in [4.78, 5) is 35.6. The van der Waals surface area contributed by atoms with E-state index in [9.17, 15) is 14.4 Å². The van der Waals surface area contributed by atoms with E-state index in [1.807, 2.05) is 6.92 Å². The number of aryl methyl sites for hydroxylation is 1. The molecule has 1 aromatic carbocycles. The molecule has 6 heteroatoms. The molecule has 0 atom stereocenters. The number of hydrogen-bond acceptors (Lipinski definition) is 6. The Labute approximate surface area is 122 Å². The average molecular weight is 292 g/mol. The summed E-state index contributed by atoms with van der Waals surface area (Å²) in [7, 11) is 3.37. The summed E-state index contributed by atoms with van der Waals surface area (Å²) in [5.41, 5.74) is 0.616. The number of carbonyl (C=O) groups excluding carboxylic acids is 3. The molecule has 0 saturated carbocycles. The number of benzene rings is 1. The van der Waals surface area contributed by atoms with E-state index in [-0.39, 0.29) is 5.57 Å². The topological polar surface area (TPSA) is 78.9 Å². The van der Waals surface area contributed by atoms with Crippen LogP contribution in [0.5, 0.6) is 0 Å². The lowest BCUT2D eigenvalue weighted by Gasteiger charge is -2.11. The highest BCUT2D eigenvalue weighted by Gasteiger charge is 2.30. The standard InChI is InChI=1S/C15H16O6/c1-9-5-7-10(8-6-9)11(13(16)19-2)12(14(17)20-3)15(18)21-4/h5-8H,1-4H3. The maximum absolute atomic E-state index is 12.0. The van der Waals surface area contributed by atoms with Crippen molar-refractivity contribution >= 4 is 23.5 Å². The van der Waals surface area contributed by atoms with Gasteiger partial charge in [-0.05, 0) is 12.5 Å². The molecule has 0 unspecified atom stereocenters. The van der Waals surface area contributed by atoms with Crippen molar-refractivity contribution < 1.29 is 28.6 Å². The van der Waals surface area contributed by atoms with Gasteiger partial charge < -0.3 is 14.2 Å². The number of carbonyl (C=O) groups is 3. The van der Waals surface area contributed by atoms with E-state index in [0.29, 0.717) is 5.56 Å². The van der Waals surface area contributed by atoms with Gasteiger partial charge in [-0.1, -0.05) is 29.8 Å². The minimum atomic E-state index is -0.970. The predicted molar refractivity (Wildman–Crippen MR) is 74.1 cm³/mol. The zero-order valence-electron chi connectivity index (χ0n) is 12.3. The quantitative estimate of drug-likeness (QED) is 0.273. The third kappa shape index (κ3) is 3.68. The van der Waals surface area contributed by atoms with Crippen LogP contribution in [0.2, 0.25) is 0 Å². The smallest absolute Gasteiger partial charge is 0.346 e. The van der Waals surface area contributed by atoms with E-state index in [1.54, 1.807) is 24.3 Å². The van der Waals surface area contributed by atoms with Crippen LogP contribution in [-0.2, 0) is 28.6 Å². The molecule has 21 heavy (non-hydrogen) atoms. The Hall–Kier alpha value is -2.63. The summed E-state index contributed by atoms with van der Waals surface area (Å²) in [5.74, 6) is -2.77. The lowest BCUT2D eigenvalue weighted by Crippen LogP contribution is -2.21. The van der Waals surface area contributed by atoms with E-state index < -0.39 is 23.5 Å². The molecule has 0 aliphatic carbocycles. The fourth-order valence-electron chi connectivity index (χ4n) is 1.68.